The van der Waals surface area contributed by atoms with Crippen molar-refractivity contribution in [1.29, 1.82) is 0 Å². The molecule has 0 saturated carbocycles. The third-order valence-corrected chi connectivity index (χ3v) is 5.20. The number of nitrogens with zero attached hydrogens (tertiary/aromatic N) is 2. The molecule has 1 aromatic rings. The number of piperazine rings is 1. The second-order valence-corrected chi connectivity index (χ2v) is 7.13. The van der Waals surface area contributed by atoms with E-state index in [-0.39, 0.29) is 0 Å². The van der Waals surface area contributed by atoms with Crippen molar-refractivity contribution in [3.63, 3.8) is 0 Å². The van der Waals surface area contributed by atoms with E-state index in [1.54, 1.807) is 0 Å². The van der Waals surface area contributed by atoms with Crippen molar-refractivity contribution in [2.24, 2.45) is 5.73 Å². The van der Waals surface area contributed by atoms with Gasteiger partial charge in [0.25, 0.3) is 0 Å². The number of aryl methyl sites for hydroxylation is 1. The van der Waals surface area contributed by atoms with E-state index >= 15 is 0 Å². The summed E-state index contributed by atoms with van der Waals surface area (Å²) >= 11 is 2.02. The lowest BCUT2D eigenvalue weighted by atomic mass is 10.1. The summed E-state index contributed by atoms with van der Waals surface area (Å²) in [4.78, 5) is 5.08. The fourth-order valence-electron chi connectivity index (χ4n) is 2.98. The fraction of sp³-hybridized carbons (Fsp3) is 0.647. The minimum Gasteiger partial charge on any atom is -0.369 e. The molecule has 1 aliphatic rings. The smallest absolute Gasteiger partial charge is 0.0369 e. The quantitative estimate of drug-likeness (QED) is 0.785. The minimum absolute atomic E-state index is 0.559. The zero-order valence-corrected chi connectivity index (χ0v) is 14.2. The molecule has 0 aromatic heterocycles. The van der Waals surface area contributed by atoms with Gasteiger partial charge in [0.2, 0.25) is 0 Å². The summed E-state index contributed by atoms with van der Waals surface area (Å²) in [5, 5.41) is 0. The van der Waals surface area contributed by atoms with Gasteiger partial charge in [-0.25, -0.2) is 0 Å². The molecule has 118 valence electrons. The maximum Gasteiger partial charge on any atom is 0.0369 e. The van der Waals surface area contributed by atoms with Crippen molar-refractivity contribution in [3.8, 4) is 0 Å². The highest BCUT2D eigenvalue weighted by molar-refractivity contribution is 7.99. The predicted molar refractivity (Wildman–Crippen MR) is 95.4 cm³/mol. The molecule has 4 heteroatoms. The summed E-state index contributed by atoms with van der Waals surface area (Å²) in [6, 6.07) is 9.38. The van der Waals surface area contributed by atoms with Gasteiger partial charge in [-0.2, -0.15) is 11.8 Å². The van der Waals surface area contributed by atoms with Crippen LogP contribution in [-0.2, 0) is 0 Å². The highest BCUT2D eigenvalue weighted by Gasteiger charge is 2.22. The summed E-state index contributed by atoms with van der Waals surface area (Å²) in [6.45, 7) is 9.66. The third-order valence-electron chi connectivity index (χ3n) is 4.27. The van der Waals surface area contributed by atoms with Crippen molar-refractivity contribution in [2.75, 3.05) is 49.1 Å². The van der Waals surface area contributed by atoms with Gasteiger partial charge in [-0.15, -0.1) is 0 Å². The second-order valence-electron chi connectivity index (χ2n) is 5.74. The summed E-state index contributed by atoms with van der Waals surface area (Å²) in [6.07, 6.45) is 1.22. The Balaban J connectivity index is 1.84. The molecule has 3 nitrogen and oxygen atoms in total. The molecule has 0 spiro atoms. The first kappa shape index (κ1) is 16.7. The molecule has 1 fully saturated rings. The first-order valence-electron chi connectivity index (χ1n) is 8.08. The van der Waals surface area contributed by atoms with Crippen LogP contribution in [-0.4, -0.2) is 55.2 Å². The van der Waals surface area contributed by atoms with Crippen LogP contribution >= 0.6 is 11.8 Å². The van der Waals surface area contributed by atoms with Gasteiger partial charge < -0.3 is 10.6 Å². The van der Waals surface area contributed by atoms with Crippen LogP contribution in [0.3, 0.4) is 0 Å². The van der Waals surface area contributed by atoms with Crippen LogP contribution in [0.15, 0.2) is 24.3 Å². The van der Waals surface area contributed by atoms with Crippen molar-refractivity contribution in [3.05, 3.63) is 29.8 Å². The molecule has 1 aliphatic heterocycles. The molecule has 2 rings (SSSR count). The summed E-state index contributed by atoms with van der Waals surface area (Å²) in [5.74, 6) is 2.44. The molecular formula is C17H29N3S. The van der Waals surface area contributed by atoms with Crippen LogP contribution in [0, 0.1) is 6.92 Å². The van der Waals surface area contributed by atoms with Crippen molar-refractivity contribution in [1.82, 2.24) is 4.90 Å². The van der Waals surface area contributed by atoms with E-state index in [2.05, 4.69) is 47.9 Å². The maximum atomic E-state index is 5.99. The summed E-state index contributed by atoms with van der Waals surface area (Å²) in [7, 11) is 0. The lowest BCUT2D eigenvalue weighted by molar-refractivity contribution is 0.185. The van der Waals surface area contributed by atoms with Gasteiger partial charge >= 0.3 is 0 Å². The highest BCUT2D eigenvalue weighted by atomic mass is 32.2. The average molecular weight is 308 g/mol. The third kappa shape index (κ3) is 4.90. The Morgan fingerprint density at radius 2 is 2.00 bits per heavy atom. The average Bonchev–Trinajstić information content (AvgIpc) is 2.52. The number of nitrogens with two attached hydrogens (primary N) is 1. The molecule has 1 aromatic carbocycles. The van der Waals surface area contributed by atoms with Crippen LogP contribution in [0.25, 0.3) is 0 Å². The normalized spacial score (nSPS) is 18.0. The Morgan fingerprint density at radius 1 is 1.24 bits per heavy atom. The van der Waals surface area contributed by atoms with Gasteiger partial charge in [-0.05, 0) is 42.5 Å². The zero-order valence-electron chi connectivity index (χ0n) is 13.4. The summed E-state index contributed by atoms with van der Waals surface area (Å²) < 4.78 is 0. The highest BCUT2D eigenvalue weighted by Crippen LogP contribution is 2.19. The molecular weight excluding hydrogens is 278 g/mol. The second kappa shape index (κ2) is 8.66. The van der Waals surface area contributed by atoms with Crippen LogP contribution in [0.2, 0.25) is 0 Å². The monoisotopic (exact) mass is 307 g/mol. The van der Waals surface area contributed by atoms with Gasteiger partial charge in [0, 0.05) is 44.5 Å². The van der Waals surface area contributed by atoms with E-state index in [0.29, 0.717) is 6.04 Å². The molecule has 0 amide bonds. The van der Waals surface area contributed by atoms with Crippen LogP contribution in [0.5, 0.6) is 0 Å². The van der Waals surface area contributed by atoms with E-state index in [9.17, 15) is 0 Å². The Labute approximate surface area is 133 Å². The van der Waals surface area contributed by atoms with Gasteiger partial charge in [0.05, 0.1) is 0 Å². The van der Waals surface area contributed by atoms with E-state index < -0.39 is 0 Å². The first-order valence-corrected chi connectivity index (χ1v) is 9.23. The van der Waals surface area contributed by atoms with E-state index in [4.69, 9.17) is 5.73 Å². The number of thioether (sulfide) groups is 1. The maximum absolute atomic E-state index is 5.99. The van der Waals surface area contributed by atoms with Gasteiger partial charge in [-0.1, -0.05) is 19.1 Å². The number of anilines is 1. The Morgan fingerprint density at radius 3 is 2.62 bits per heavy atom. The Kier molecular flexibility index (Phi) is 6.87. The molecule has 21 heavy (non-hydrogen) atoms. The molecule has 0 bridgehead atoms. The SMILES string of the molecule is CCSCCC(CN)N1CCN(c2cccc(C)c2)CC1. The number of hydrogen-bond donors (Lipinski definition) is 1. The lowest BCUT2D eigenvalue weighted by Crippen LogP contribution is -2.52. The van der Waals surface area contributed by atoms with Crippen molar-refractivity contribution in [2.45, 2.75) is 26.3 Å². The zero-order chi connectivity index (χ0) is 15.1. The lowest BCUT2D eigenvalue weighted by Gasteiger charge is -2.40. The first-order chi connectivity index (χ1) is 10.2. The van der Waals surface area contributed by atoms with E-state index in [0.717, 1.165) is 32.7 Å². The van der Waals surface area contributed by atoms with Crippen LogP contribution in [0.4, 0.5) is 5.69 Å². The fourth-order valence-corrected chi connectivity index (χ4v) is 3.71. The largest absolute Gasteiger partial charge is 0.369 e. The van der Waals surface area contributed by atoms with Gasteiger partial charge in [-0.3, -0.25) is 4.90 Å². The van der Waals surface area contributed by atoms with Gasteiger partial charge in [0.15, 0.2) is 0 Å². The van der Waals surface area contributed by atoms with E-state index in [1.165, 1.54) is 29.2 Å². The molecule has 1 saturated heterocycles. The molecule has 1 unspecified atom stereocenters. The molecule has 0 radical (unpaired) electrons. The van der Waals surface area contributed by atoms with Crippen LogP contribution in [0.1, 0.15) is 18.9 Å². The molecule has 2 N–H and O–H groups in total. The summed E-state index contributed by atoms with van der Waals surface area (Å²) in [5.41, 5.74) is 8.69. The molecule has 1 atom stereocenters. The topological polar surface area (TPSA) is 32.5 Å². The Bertz CT molecular complexity index is 416. The van der Waals surface area contributed by atoms with Crippen molar-refractivity contribution < 1.29 is 0 Å². The molecule has 0 aliphatic carbocycles. The molecule has 1 heterocycles. The van der Waals surface area contributed by atoms with Gasteiger partial charge in [0.1, 0.15) is 0 Å². The standard InChI is InChI=1S/C17H29N3S/c1-3-21-12-7-17(14-18)20-10-8-19(9-11-20)16-6-4-5-15(2)13-16/h4-6,13,17H,3,7-12,14,18H2,1-2H3. The number of benzene rings is 1. The van der Waals surface area contributed by atoms with E-state index in [1.807, 2.05) is 11.8 Å². The Hall–Kier alpha value is -0.710. The van der Waals surface area contributed by atoms with Crippen molar-refractivity contribution >= 4 is 17.4 Å². The predicted octanol–water partition coefficient (Wildman–Crippen LogP) is 2.59. The van der Waals surface area contributed by atoms with Crippen LogP contribution < -0.4 is 10.6 Å². The minimum atomic E-state index is 0.559. The number of hydrogen-bond acceptors (Lipinski definition) is 4. The number of rotatable bonds is 7.